The van der Waals surface area contributed by atoms with Crippen LogP contribution in [-0.4, -0.2) is 54.2 Å². The van der Waals surface area contributed by atoms with Crippen LogP contribution in [0.5, 0.6) is 0 Å². The normalized spacial score (nSPS) is 14.4. The maximum absolute atomic E-state index is 12.8. The lowest BCUT2D eigenvalue weighted by Gasteiger charge is -2.20. The number of anilines is 2. The van der Waals surface area contributed by atoms with Crippen molar-refractivity contribution in [3.63, 3.8) is 0 Å². The highest BCUT2D eigenvalue weighted by Crippen LogP contribution is 2.32. The van der Waals surface area contributed by atoms with E-state index < -0.39 is 29.6 Å². The molecule has 35 heavy (non-hydrogen) atoms. The van der Waals surface area contributed by atoms with Gasteiger partial charge in [0.05, 0.1) is 22.1 Å². The molecule has 0 unspecified atom stereocenters. The summed E-state index contributed by atoms with van der Waals surface area (Å²) in [5.41, 5.74) is 2.25. The van der Waals surface area contributed by atoms with E-state index in [1.807, 2.05) is 24.3 Å². The van der Waals surface area contributed by atoms with Gasteiger partial charge in [0.2, 0.25) is 5.91 Å². The third kappa shape index (κ3) is 6.43. The molecule has 3 amide bonds. The van der Waals surface area contributed by atoms with Gasteiger partial charge in [0.25, 0.3) is 11.1 Å². The van der Waals surface area contributed by atoms with Crippen molar-refractivity contribution in [3.05, 3.63) is 63.5 Å². The van der Waals surface area contributed by atoms with Gasteiger partial charge < -0.3 is 15.0 Å². The fourth-order valence-electron chi connectivity index (χ4n) is 3.47. The number of halogens is 1. The molecular formula is C25H26ClN3O5S. The lowest BCUT2D eigenvalue weighted by atomic mass is 10.1. The average Bonchev–Trinajstić information content (AvgIpc) is 3.09. The molecule has 1 heterocycles. The number of ether oxygens (including phenoxy) is 1. The van der Waals surface area contributed by atoms with Gasteiger partial charge in [-0.1, -0.05) is 23.7 Å². The van der Waals surface area contributed by atoms with Crippen molar-refractivity contribution >= 4 is 63.8 Å². The van der Waals surface area contributed by atoms with Gasteiger partial charge in [0.15, 0.2) is 0 Å². The number of amides is 3. The minimum Gasteiger partial charge on any atom is -0.462 e. The molecule has 2 aromatic rings. The number of carbonyl (C=O) groups is 4. The molecule has 1 saturated heterocycles. The lowest BCUT2D eigenvalue weighted by Crippen LogP contribution is -2.36. The zero-order valence-electron chi connectivity index (χ0n) is 19.7. The largest absolute Gasteiger partial charge is 0.462 e. The van der Waals surface area contributed by atoms with Crippen molar-refractivity contribution in [1.29, 1.82) is 0 Å². The molecule has 0 aromatic heterocycles. The van der Waals surface area contributed by atoms with E-state index in [0.717, 1.165) is 41.0 Å². The topological polar surface area (TPSA) is 96.0 Å². The molecule has 3 rings (SSSR count). The third-order valence-electron chi connectivity index (χ3n) is 5.24. The van der Waals surface area contributed by atoms with Crippen LogP contribution in [0.15, 0.2) is 47.4 Å². The predicted octanol–water partition coefficient (Wildman–Crippen LogP) is 5.04. The summed E-state index contributed by atoms with van der Waals surface area (Å²) in [7, 11) is 0. The van der Waals surface area contributed by atoms with E-state index in [0.29, 0.717) is 5.69 Å². The number of nitrogens with one attached hydrogen (secondary N) is 1. The summed E-state index contributed by atoms with van der Waals surface area (Å²) in [5, 5.41) is 2.24. The Morgan fingerprint density at radius 3 is 2.40 bits per heavy atom. The Morgan fingerprint density at radius 2 is 1.77 bits per heavy atom. The number of imide groups is 1. The Balaban J connectivity index is 1.67. The van der Waals surface area contributed by atoms with Crippen LogP contribution in [0.1, 0.15) is 36.7 Å². The van der Waals surface area contributed by atoms with Crippen LogP contribution >= 0.6 is 23.4 Å². The smallest absolute Gasteiger partial charge is 0.339 e. The van der Waals surface area contributed by atoms with Crippen molar-refractivity contribution in [2.75, 3.05) is 36.5 Å². The van der Waals surface area contributed by atoms with Crippen molar-refractivity contribution in [2.24, 2.45) is 0 Å². The van der Waals surface area contributed by atoms with Gasteiger partial charge in [-0.3, -0.25) is 19.3 Å². The van der Waals surface area contributed by atoms with E-state index in [2.05, 4.69) is 24.1 Å². The summed E-state index contributed by atoms with van der Waals surface area (Å²) >= 11 is 6.83. The maximum atomic E-state index is 12.8. The predicted molar refractivity (Wildman–Crippen MR) is 139 cm³/mol. The fourth-order valence-corrected chi connectivity index (χ4v) is 4.50. The Hall–Kier alpha value is -3.30. The molecule has 1 aliphatic rings. The average molecular weight is 516 g/mol. The van der Waals surface area contributed by atoms with Gasteiger partial charge in [0, 0.05) is 24.5 Å². The first-order valence-corrected chi connectivity index (χ1v) is 12.3. The van der Waals surface area contributed by atoms with Crippen LogP contribution in [0, 0.1) is 0 Å². The number of hydrogen-bond donors (Lipinski definition) is 1. The zero-order chi connectivity index (χ0) is 25.5. The van der Waals surface area contributed by atoms with Gasteiger partial charge in [-0.05, 0) is 74.5 Å². The number of benzene rings is 2. The van der Waals surface area contributed by atoms with Crippen LogP contribution in [-0.2, 0) is 14.3 Å². The van der Waals surface area contributed by atoms with E-state index in [1.54, 1.807) is 13.0 Å². The minimum atomic E-state index is -0.616. The highest BCUT2D eigenvalue weighted by atomic mass is 35.5. The van der Waals surface area contributed by atoms with Gasteiger partial charge in [0.1, 0.15) is 6.54 Å². The summed E-state index contributed by atoms with van der Waals surface area (Å²) < 4.78 is 4.95. The summed E-state index contributed by atoms with van der Waals surface area (Å²) in [4.78, 5) is 53.1. The first-order chi connectivity index (χ1) is 16.8. The van der Waals surface area contributed by atoms with E-state index in [-0.39, 0.29) is 22.1 Å². The Kier molecular flexibility index (Phi) is 8.95. The van der Waals surface area contributed by atoms with Crippen LogP contribution in [0.2, 0.25) is 5.02 Å². The fraction of sp³-hybridized carbons (Fsp3) is 0.280. The first-order valence-electron chi connectivity index (χ1n) is 11.1. The lowest BCUT2D eigenvalue weighted by molar-refractivity contribution is -0.127. The molecule has 1 fully saturated rings. The molecule has 1 aliphatic heterocycles. The van der Waals surface area contributed by atoms with Gasteiger partial charge in [-0.2, -0.15) is 0 Å². The van der Waals surface area contributed by atoms with Crippen LogP contribution in [0.4, 0.5) is 16.2 Å². The first kappa shape index (κ1) is 26.3. The zero-order valence-corrected chi connectivity index (χ0v) is 21.2. The van der Waals surface area contributed by atoms with Crippen LogP contribution in [0.25, 0.3) is 6.08 Å². The Bertz CT molecular complexity index is 1160. The molecular weight excluding hydrogens is 490 g/mol. The minimum absolute atomic E-state index is 0.104. The van der Waals surface area contributed by atoms with E-state index in [9.17, 15) is 19.2 Å². The second-order valence-corrected chi connectivity index (χ2v) is 8.90. The molecule has 0 aliphatic carbocycles. The van der Waals surface area contributed by atoms with Crippen LogP contribution < -0.4 is 10.2 Å². The molecule has 2 aromatic carbocycles. The second-order valence-electron chi connectivity index (χ2n) is 7.49. The van der Waals surface area contributed by atoms with Gasteiger partial charge in [-0.15, -0.1) is 0 Å². The van der Waals surface area contributed by atoms with Crippen molar-refractivity contribution in [1.82, 2.24) is 4.90 Å². The van der Waals surface area contributed by atoms with Crippen LogP contribution in [0.3, 0.4) is 0 Å². The second kappa shape index (κ2) is 11.9. The molecule has 0 atom stereocenters. The van der Waals surface area contributed by atoms with Crippen molar-refractivity contribution < 1.29 is 23.9 Å². The van der Waals surface area contributed by atoms with Crippen molar-refractivity contribution in [3.8, 4) is 0 Å². The third-order valence-corrected chi connectivity index (χ3v) is 6.48. The SMILES string of the molecule is CCOC(=O)c1cc(NC(=O)CN2C(=O)S/C(=C/c3ccc(N(CC)CC)cc3)C2=O)ccc1Cl. The standard InChI is InChI=1S/C25H26ClN3O5S/c1-4-28(5-2)18-10-7-16(8-11-18)13-21-23(31)29(25(33)35-21)15-22(30)27-17-9-12-20(26)19(14-17)24(32)34-6-3/h7-14H,4-6,15H2,1-3H3,(H,27,30)/b21-13+. The van der Waals surface area contributed by atoms with E-state index in [4.69, 9.17) is 16.3 Å². The molecule has 0 radical (unpaired) electrons. The molecule has 10 heteroatoms. The highest BCUT2D eigenvalue weighted by molar-refractivity contribution is 8.18. The molecule has 0 spiro atoms. The van der Waals surface area contributed by atoms with Gasteiger partial charge in [-0.25, -0.2) is 4.79 Å². The van der Waals surface area contributed by atoms with E-state index >= 15 is 0 Å². The molecule has 184 valence electrons. The molecule has 8 nitrogen and oxygen atoms in total. The number of esters is 1. The molecule has 1 N–H and O–H groups in total. The Labute approximate surface area is 213 Å². The summed E-state index contributed by atoms with van der Waals surface area (Å²) in [5.74, 6) is -1.74. The van der Waals surface area contributed by atoms with Crippen molar-refractivity contribution in [2.45, 2.75) is 20.8 Å². The quantitative estimate of drug-likeness (QED) is 0.369. The monoisotopic (exact) mass is 515 g/mol. The highest BCUT2D eigenvalue weighted by Gasteiger charge is 2.36. The summed E-state index contributed by atoms with van der Waals surface area (Å²) in [6.45, 7) is 7.32. The number of carbonyl (C=O) groups excluding carboxylic acids is 4. The Morgan fingerprint density at radius 1 is 1.09 bits per heavy atom. The summed E-state index contributed by atoms with van der Waals surface area (Å²) in [6.07, 6.45) is 1.64. The summed E-state index contributed by atoms with van der Waals surface area (Å²) in [6, 6.07) is 12.1. The number of thioether (sulfide) groups is 1. The molecule has 0 saturated carbocycles. The molecule has 0 bridgehead atoms. The number of nitrogens with zero attached hydrogens (tertiary/aromatic N) is 2. The number of hydrogen-bond acceptors (Lipinski definition) is 7. The van der Waals surface area contributed by atoms with E-state index in [1.165, 1.54) is 18.2 Å². The van der Waals surface area contributed by atoms with Gasteiger partial charge >= 0.3 is 5.97 Å². The maximum Gasteiger partial charge on any atom is 0.339 e. The number of rotatable bonds is 9.